The van der Waals surface area contributed by atoms with Crippen molar-refractivity contribution in [3.8, 4) is 5.75 Å². The zero-order chi connectivity index (χ0) is 18.6. The topological polar surface area (TPSA) is 64.4 Å². The highest BCUT2D eigenvalue weighted by Crippen LogP contribution is 2.14. The number of aromatic nitrogens is 2. The van der Waals surface area contributed by atoms with Crippen molar-refractivity contribution in [3.63, 3.8) is 0 Å². The highest BCUT2D eigenvalue weighted by atomic mass is 16.5. The van der Waals surface area contributed by atoms with Crippen LogP contribution in [-0.4, -0.2) is 46.6 Å². The third kappa shape index (κ3) is 4.92. The highest BCUT2D eigenvalue weighted by Gasteiger charge is 2.23. The van der Waals surface area contributed by atoms with Gasteiger partial charge in [0.1, 0.15) is 12.4 Å². The molecular weight excluding hydrogens is 318 g/mol. The number of likely N-dealkylation sites (N-methyl/N-ethyl adjacent to an activating group) is 1. The molecule has 0 saturated heterocycles. The molecule has 2 rings (SSSR count). The summed E-state index contributed by atoms with van der Waals surface area (Å²) in [6, 6.07) is 7.67. The Bertz CT molecular complexity index is 742. The van der Waals surface area contributed by atoms with Gasteiger partial charge in [0.25, 0.3) is 11.7 Å². The van der Waals surface area contributed by atoms with Crippen LogP contribution in [0.2, 0.25) is 0 Å². The van der Waals surface area contributed by atoms with Crippen LogP contribution in [0, 0.1) is 6.92 Å². The molecule has 0 radical (unpaired) electrons. The van der Waals surface area contributed by atoms with Crippen molar-refractivity contribution >= 4 is 11.7 Å². The molecule has 0 spiro atoms. The van der Waals surface area contributed by atoms with E-state index in [1.807, 2.05) is 52.0 Å². The molecule has 0 bridgehead atoms. The Morgan fingerprint density at radius 3 is 2.40 bits per heavy atom. The molecule has 0 aliphatic rings. The van der Waals surface area contributed by atoms with Gasteiger partial charge < -0.3 is 9.64 Å². The maximum absolute atomic E-state index is 12.3. The number of aryl methyl sites for hydroxylation is 1. The number of benzene rings is 1. The zero-order valence-corrected chi connectivity index (χ0v) is 15.4. The predicted molar refractivity (Wildman–Crippen MR) is 95.9 cm³/mol. The molecule has 1 amide bonds. The van der Waals surface area contributed by atoms with Gasteiger partial charge in [-0.3, -0.25) is 14.3 Å². The van der Waals surface area contributed by atoms with Gasteiger partial charge in [0.2, 0.25) is 0 Å². The smallest absolute Gasteiger partial charge is 0.294 e. The molecule has 6 heteroatoms. The fourth-order valence-corrected chi connectivity index (χ4v) is 2.14. The van der Waals surface area contributed by atoms with Gasteiger partial charge in [-0.05, 0) is 39.8 Å². The lowest BCUT2D eigenvalue weighted by atomic mass is 10.1. The molecule has 1 aromatic heterocycles. The fourth-order valence-electron chi connectivity index (χ4n) is 2.14. The van der Waals surface area contributed by atoms with Crippen LogP contribution >= 0.6 is 0 Å². The van der Waals surface area contributed by atoms with E-state index in [4.69, 9.17) is 4.74 Å². The number of rotatable bonds is 6. The predicted octanol–water partition coefficient (Wildman–Crippen LogP) is 2.67. The molecule has 0 aliphatic heterocycles. The van der Waals surface area contributed by atoms with Crippen LogP contribution in [0.4, 0.5) is 0 Å². The molecule has 0 aliphatic carbocycles. The van der Waals surface area contributed by atoms with Crippen molar-refractivity contribution in [3.05, 3.63) is 47.8 Å². The van der Waals surface area contributed by atoms with Gasteiger partial charge in [0, 0.05) is 13.2 Å². The second-order valence-electron chi connectivity index (χ2n) is 7.06. The molecule has 2 aromatic rings. The summed E-state index contributed by atoms with van der Waals surface area (Å²) in [5, 5.41) is 4.16. The van der Waals surface area contributed by atoms with Crippen LogP contribution in [-0.2, 0) is 10.3 Å². The van der Waals surface area contributed by atoms with Gasteiger partial charge in [0.15, 0.2) is 0 Å². The lowest BCUT2D eigenvalue weighted by molar-refractivity contribution is -0.125. The molecule has 0 fully saturated rings. The van der Waals surface area contributed by atoms with Crippen LogP contribution < -0.4 is 4.74 Å². The Balaban J connectivity index is 1.89. The second-order valence-corrected chi connectivity index (χ2v) is 7.06. The van der Waals surface area contributed by atoms with Gasteiger partial charge in [-0.15, -0.1) is 0 Å². The Morgan fingerprint density at radius 1 is 1.20 bits per heavy atom. The fraction of sp³-hybridized carbons (Fsp3) is 0.421. The molecular formula is C19H25N3O3. The third-order valence-corrected chi connectivity index (χ3v) is 3.79. The Hall–Kier alpha value is -2.63. The summed E-state index contributed by atoms with van der Waals surface area (Å²) in [4.78, 5) is 26.0. The number of hydrogen-bond acceptors (Lipinski definition) is 4. The van der Waals surface area contributed by atoms with Crippen molar-refractivity contribution in [2.45, 2.75) is 33.2 Å². The summed E-state index contributed by atoms with van der Waals surface area (Å²) >= 11 is 0. The zero-order valence-electron chi connectivity index (χ0n) is 15.4. The largest absolute Gasteiger partial charge is 0.492 e. The highest BCUT2D eigenvalue weighted by molar-refractivity contribution is 6.42. The van der Waals surface area contributed by atoms with Gasteiger partial charge >= 0.3 is 0 Å². The summed E-state index contributed by atoms with van der Waals surface area (Å²) in [5.41, 5.74) is 1.21. The SMILES string of the molecule is Cc1ccc(OCCN(C)C(=O)C(=O)c2cnn(C(C)(C)C)c2)cc1. The Labute approximate surface area is 148 Å². The van der Waals surface area contributed by atoms with E-state index in [1.165, 1.54) is 11.1 Å². The first-order chi connectivity index (χ1) is 11.7. The Morgan fingerprint density at radius 2 is 1.84 bits per heavy atom. The lowest BCUT2D eigenvalue weighted by Crippen LogP contribution is -2.36. The quantitative estimate of drug-likeness (QED) is 0.597. The number of amides is 1. The van der Waals surface area contributed by atoms with Crippen LogP contribution in [0.15, 0.2) is 36.7 Å². The van der Waals surface area contributed by atoms with E-state index < -0.39 is 11.7 Å². The number of carbonyl (C=O) groups excluding carboxylic acids is 2. The van der Waals surface area contributed by atoms with Gasteiger partial charge in [0.05, 0.1) is 23.8 Å². The average molecular weight is 343 g/mol. The summed E-state index contributed by atoms with van der Waals surface area (Å²) in [5.74, 6) is -0.390. The summed E-state index contributed by atoms with van der Waals surface area (Å²) in [6.07, 6.45) is 3.04. The number of hydrogen-bond donors (Lipinski definition) is 0. The number of ether oxygens (including phenoxy) is 1. The molecule has 6 nitrogen and oxygen atoms in total. The number of Topliss-reactive ketones (excluding diaryl/α,β-unsaturated/α-hetero) is 1. The van der Waals surface area contributed by atoms with E-state index in [0.29, 0.717) is 18.7 Å². The number of ketones is 1. The lowest BCUT2D eigenvalue weighted by Gasteiger charge is -2.18. The molecule has 0 unspecified atom stereocenters. The summed E-state index contributed by atoms with van der Waals surface area (Å²) < 4.78 is 7.27. The van der Waals surface area contributed by atoms with Crippen molar-refractivity contribution in [2.75, 3.05) is 20.2 Å². The van der Waals surface area contributed by atoms with E-state index in [-0.39, 0.29) is 5.54 Å². The molecule has 0 N–H and O–H groups in total. The number of carbonyl (C=O) groups is 2. The first-order valence-electron chi connectivity index (χ1n) is 8.23. The van der Waals surface area contributed by atoms with Crippen LogP contribution in [0.3, 0.4) is 0 Å². The molecule has 0 atom stereocenters. The summed E-state index contributed by atoms with van der Waals surface area (Å²) in [6.45, 7) is 8.58. The van der Waals surface area contributed by atoms with E-state index in [0.717, 1.165) is 11.3 Å². The monoisotopic (exact) mass is 343 g/mol. The van der Waals surface area contributed by atoms with Crippen LogP contribution in [0.5, 0.6) is 5.75 Å². The van der Waals surface area contributed by atoms with Crippen LogP contribution in [0.25, 0.3) is 0 Å². The minimum absolute atomic E-state index is 0.241. The minimum Gasteiger partial charge on any atom is -0.492 e. The standard InChI is InChI=1S/C19H25N3O3/c1-14-6-8-16(9-7-14)25-11-10-21(5)18(24)17(23)15-12-20-22(13-15)19(2,3)4/h6-9,12-13H,10-11H2,1-5H3. The van der Waals surface area contributed by atoms with Gasteiger partial charge in [-0.25, -0.2) is 0 Å². The molecule has 1 heterocycles. The second kappa shape index (κ2) is 7.51. The van der Waals surface area contributed by atoms with E-state index >= 15 is 0 Å². The normalized spacial score (nSPS) is 11.2. The number of nitrogens with zero attached hydrogens (tertiary/aromatic N) is 3. The van der Waals surface area contributed by atoms with E-state index in [1.54, 1.807) is 17.9 Å². The van der Waals surface area contributed by atoms with E-state index in [2.05, 4.69) is 5.10 Å². The molecule has 1 aromatic carbocycles. The van der Waals surface area contributed by atoms with Crippen molar-refractivity contribution in [1.82, 2.24) is 14.7 Å². The summed E-state index contributed by atoms with van der Waals surface area (Å²) in [7, 11) is 1.59. The van der Waals surface area contributed by atoms with E-state index in [9.17, 15) is 9.59 Å². The van der Waals surface area contributed by atoms with Crippen LogP contribution in [0.1, 0.15) is 36.7 Å². The maximum Gasteiger partial charge on any atom is 0.294 e. The van der Waals surface area contributed by atoms with Gasteiger partial charge in [-0.2, -0.15) is 5.10 Å². The molecule has 0 saturated carbocycles. The van der Waals surface area contributed by atoms with Crippen molar-refractivity contribution in [1.29, 1.82) is 0 Å². The average Bonchev–Trinajstić information content (AvgIpc) is 3.05. The third-order valence-electron chi connectivity index (χ3n) is 3.79. The Kier molecular flexibility index (Phi) is 5.62. The first-order valence-corrected chi connectivity index (χ1v) is 8.23. The maximum atomic E-state index is 12.3. The van der Waals surface area contributed by atoms with Crippen molar-refractivity contribution < 1.29 is 14.3 Å². The van der Waals surface area contributed by atoms with Crippen molar-refractivity contribution in [2.24, 2.45) is 0 Å². The first kappa shape index (κ1) is 18.7. The minimum atomic E-state index is -0.569. The molecule has 134 valence electrons. The van der Waals surface area contributed by atoms with Gasteiger partial charge in [-0.1, -0.05) is 17.7 Å². The molecule has 25 heavy (non-hydrogen) atoms.